The highest BCUT2D eigenvalue weighted by molar-refractivity contribution is 9.10. The Morgan fingerprint density at radius 2 is 2.27 bits per heavy atom. The molecule has 1 aliphatic rings. The van der Waals surface area contributed by atoms with Crippen LogP contribution in [0.3, 0.4) is 0 Å². The number of nitrogens with zero attached hydrogens (tertiary/aromatic N) is 2. The van der Waals surface area contributed by atoms with Gasteiger partial charge in [-0.25, -0.2) is 0 Å². The predicted molar refractivity (Wildman–Crippen MR) is 60.7 cm³/mol. The molecule has 82 valence electrons. The van der Waals surface area contributed by atoms with Gasteiger partial charge in [-0.2, -0.15) is 0 Å². The molecule has 0 spiro atoms. The van der Waals surface area contributed by atoms with E-state index in [1.165, 1.54) is 0 Å². The average molecular weight is 273 g/mol. The molecule has 1 saturated heterocycles. The highest BCUT2D eigenvalue weighted by Gasteiger charge is 2.30. The molecule has 1 aromatic heterocycles. The van der Waals surface area contributed by atoms with Crippen molar-refractivity contribution in [2.75, 3.05) is 24.6 Å². The van der Waals surface area contributed by atoms with Crippen LogP contribution >= 0.6 is 15.9 Å². The van der Waals surface area contributed by atoms with Gasteiger partial charge >= 0.3 is 0 Å². The number of rotatable bonds is 2. The van der Waals surface area contributed by atoms with Crippen LogP contribution in [0.25, 0.3) is 0 Å². The molecule has 0 bridgehead atoms. The van der Waals surface area contributed by atoms with E-state index in [2.05, 4.69) is 20.9 Å². The van der Waals surface area contributed by atoms with E-state index in [4.69, 9.17) is 5.11 Å². The number of β-amino-alcohol motifs (C(OH)–C–C–N with tert-alkyl or cyclic N) is 1. The molecule has 15 heavy (non-hydrogen) atoms. The molecule has 2 heterocycles. The van der Waals surface area contributed by atoms with E-state index < -0.39 is 6.10 Å². The summed E-state index contributed by atoms with van der Waals surface area (Å²) in [5, 5.41) is 18.7. The summed E-state index contributed by atoms with van der Waals surface area (Å²) < 4.78 is 0.918. The molecule has 1 fully saturated rings. The Balaban J connectivity index is 2.13. The quantitative estimate of drug-likeness (QED) is 0.830. The van der Waals surface area contributed by atoms with E-state index in [1.54, 1.807) is 12.4 Å². The molecule has 2 atom stereocenters. The van der Waals surface area contributed by atoms with Crippen molar-refractivity contribution in [3.63, 3.8) is 0 Å². The molecule has 2 rings (SSSR count). The normalized spacial score (nSPS) is 25.9. The van der Waals surface area contributed by atoms with Gasteiger partial charge in [0.2, 0.25) is 0 Å². The lowest BCUT2D eigenvalue weighted by atomic mass is 10.1. The lowest BCUT2D eigenvalue weighted by Gasteiger charge is -2.17. The predicted octanol–water partition coefficient (Wildman–Crippen LogP) is 0.633. The SMILES string of the molecule is OCC1CN(c2cncc(Br)c2)CC1O. The highest BCUT2D eigenvalue weighted by atomic mass is 79.9. The summed E-state index contributed by atoms with van der Waals surface area (Å²) in [6.45, 7) is 1.26. The number of anilines is 1. The summed E-state index contributed by atoms with van der Waals surface area (Å²) in [4.78, 5) is 6.10. The van der Waals surface area contributed by atoms with Crippen molar-refractivity contribution in [3.05, 3.63) is 22.9 Å². The molecule has 1 aliphatic heterocycles. The second-order valence-electron chi connectivity index (χ2n) is 3.78. The third-order valence-electron chi connectivity index (χ3n) is 2.70. The Bertz CT molecular complexity index is 348. The fraction of sp³-hybridized carbons (Fsp3) is 0.500. The Hall–Kier alpha value is -0.650. The summed E-state index contributed by atoms with van der Waals surface area (Å²) in [6.07, 6.45) is 3.03. The lowest BCUT2D eigenvalue weighted by molar-refractivity contribution is 0.104. The van der Waals surface area contributed by atoms with Crippen molar-refractivity contribution in [1.29, 1.82) is 0 Å². The molecule has 5 heteroatoms. The summed E-state index contributed by atoms with van der Waals surface area (Å²) >= 11 is 3.36. The molecule has 0 saturated carbocycles. The number of hydrogen-bond donors (Lipinski definition) is 2. The maximum absolute atomic E-state index is 9.66. The Morgan fingerprint density at radius 1 is 1.47 bits per heavy atom. The van der Waals surface area contributed by atoms with Gasteiger partial charge in [-0.1, -0.05) is 0 Å². The second-order valence-corrected chi connectivity index (χ2v) is 4.69. The molecule has 0 amide bonds. The van der Waals surface area contributed by atoms with E-state index in [-0.39, 0.29) is 12.5 Å². The van der Waals surface area contributed by atoms with Crippen molar-refractivity contribution >= 4 is 21.6 Å². The monoisotopic (exact) mass is 272 g/mol. The number of pyridine rings is 1. The summed E-state index contributed by atoms with van der Waals surface area (Å²) in [7, 11) is 0. The number of aromatic nitrogens is 1. The van der Waals surface area contributed by atoms with Crippen LogP contribution in [0.5, 0.6) is 0 Å². The second kappa shape index (κ2) is 4.47. The van der Waals surface area contributed by atoms with Crippen molar-refractivity contribution in [2.24, 2.45) is 5.92 Å². The largest absolute Gasteiger partial charge is 0.396 e. The molecular weight excluding hydrogens is 260 g/mol. The number of aliphatic hydroxyl groups excluding tert-OH is 2. The third-order valence-corrected chi connectivity index (χ3v) is 3.13. The first kappa shape index (κ1) is 10.9. The van der Waals surface area contributed by atoms with E-state index >= 15 is 0 Å². The van der Waals surface area contributed by atoms with Crippen LogP contribution in [-0.4, -0.2) is 41.0 Å². The van der Waals surface area contributed by atoms with Gasteiger partial charge in [-0.05, 0) is 22.0 Å². The molecule has 1 aromatic rings. The van der Waals surface area contributed by atoms with E-state index in [1.807, 2.05) is 11.0 Å². The van der Waals surface area contributed by atoms with Gasteiger partial charge in [0.1, 0.15) is 0 Å². The molecule has 4 nitrogen and oxygen atoms in total. The van der Waals surface area contributed by atoms with Gasteiger partial charge < -0.3 is 15.1 Å². The molecule has 2 N–H and O–H groups in total. The van der Waals surface area contributed by atoms with Gasteiger partial charge in [-0.3, -0.25) is 4.98 Å². The van der Waals surface area contributed by atoms with E-state index in [9.17, 15) is 5.11 Å². The van der Waals surface area contributed by atoms with Gasteiger partial charge in [0.15, 0.2) is 0 Å². The zero-order valence-electron chi connectivity index (χ0n) is 8.17. The first-order chi connectivity index (χ1) is 7.20. The molecule has 2 unspecified atom stereocenters. The smallest absolute Gasteiger partial charge is 0.0782 e. The van der Waals surface area contributed by atoms with E-state index in [0.717, 1.165) is 10.2 Å². The fourth-order valence-electron chi connectivity index (χ4n) is 1.82. The molecule has 0 radical (unpaired) electrons. The minimum absolute atomic E-state index is 0.0269. The van der Waals surface area contributed by atoms with Crippen LogP contribution in [0.1, 0.15) is 0 Å². The minimum atomic E-state index is -0.450. The molecular formula is C10H13BrN2O2. The fourth-order valence-corrected chi connectivity index (χ4v) is 2.17. The van der Waals surface area contributed by atoms with Crippen molar-refractivity contribution in [2.45, 2.75) is 6.10 Å². The number of aliphatic hydroxyl groups is 2. The first-order valence-electron chi connectivity index (χ1n) is 4.85. The summed E-state index contributed by atoms with van der Waals surface area (Å²) in [5.41, 5.74) is 0.972. The van der Waals surface area contributed by atoms with Gasteiger partial charge in [0.05, 0.1) is 24.6 Å². The van der Waals surface area contributed by atoms with Crippen molar-refractivity contribution < 1.29 is 10.2 Å². The number of hydrogen-bond acceptors (Lipinski definition) is 4. The Labute approximate surface area is 96.7 Å². The summed E-state index contributed by atoms with van der Waals surface area (Å²) in [6, 6.07) is 1.96. The average Bonchev–Trinajstić information content (AvgIpc) is 2.60. The van der Waals surface area contributed by atoms with Crippen LogP contribution in [0, 0.1) is 5.92 Å². The first-order valence-corrected chi connectivity index (χ1v) is 5.64. The zero-order valence-corrected chi connectivity index (χ0v) is 9.76. The molecule has 0 aliphatic carbocycles. The van der Waals surface area contributed by atoms with Gasteiger partial charge in [0.25, 0.3) is 0 Å². The Kier molecular flexibility index (Phi) is 3.23. The van der Waals surface area contributed by atoms with Crippen molar-refractivity contribution in [1.82, 2.24) is 4.98 Å². The van der Waals surface area contributed by atoms with Crippen LogP contribution in [0.15, 0.2) is 22.9 Å². The highest BCUT2D eigenvalue weighted by Crippen LogP contribution is 2.25. The van der Waals surface area contributed by atoms with Crippen LogP contribution in [0.2, 0.25) is 0 Å². The number of halogens is 1. The molecule has 0 aromatic carbocycles. The van der Waals surface area contributed by atoms with Crippen LogP contribution in [0.4, 0.5) is 5.69 Å². The van der Waals surface area contributed by atoms with Gasteiger partial charge in [0, 0.05) is 29.7 Å². The topological polar surface area (TPSA) is 56.6 Å². The summed E-state index contributed by atoms with van der Waals surface area (Å²) in [5.74, 6) is -0.0519. The minimum Gasteiger partial charge on any atom is -0.396 e. The lowest BCUT2D eigenvalue weighted by Crippen LogP contribution is -2.21. The van der Waals surface area contributed by atoms with Crippen LogP contribution in [-0.2, 0) is 0 Å². The maximum atomic E-state index is 9.66. The zero-order chi connectivity index (χ0) is 10.8. The van der Waals surface area contributed by atoms with Crippen molar-refractivity contribution in [3.8, 4) is 0 Å². The standard InChI is InChI=1S/C10H13BrN2O2/c11-8-1-9(3-12-2-8)13-4-7(6-14)10(15)5-13/h1-3,7,10,14-15H,4-6H2. The third kappa shape index (κ3) is 2.30. The van der Waals surface area contributed by atoms with Crippen LogP contribution < -0.4 is 4.90 Å². The maximum Gasteiger partial charge on any atom is 0.0782 e. The van der Waals surface area contributed by atoms with Gasteiger partial charge in [-0.15, -0.1) is 0 Å². The van der Waals surface area contributed by atoms with E-state index in [0.29, 0.717) is 13.1 Å². The Morgan fingerprint density at radius 3 is 2.87 bits per heavy atom.